The maximum Gasteiger partial charge on any atom is 0.224 e. The SMILES string of the molecule is CC(C)C(CN)NC(=O)Cc1ccsc1. The lowest BCUT2D eigenvalue weighted by Gasteiger charge is -2.20. The summed E-state index contributed by atoms with van der Waals surface area (Å²) in [5.74, 6) is 0.430. The van der Waals surface area contributed by atoms with Gasteiger partial charge in [-0.2, -0.15) is 11.3 Å². The minimum absolute atomic E-state index is 0.0533. The summed E-state index contributed by atoms with van der Waals surface area (Å²) in [4.78, 5) is 11.6. The van der Waals surface area contributed by atoms with Crippen molar-refractivity contribution in [2.45, 2.75) is 26.3 Å². The number of thiophene rings is 1. The van der Waals surface area contributed by atoms with Crippen molar-refractivity contribution in [2.75, 3.05) is 6.54 Å². The van der Waals surface area contributed by atoms with Gasteiger partial charge in [-0.15, -0.1) is 0 Å². The maximum absolute atomic E-state index is 11.6. The van der Waals surface area contributed by atoms with Crippen LogP contribution in [0, 0.1) is 5.92 Å². The molecule has 84 valence electrons. The van der Waals surface area contributed by atoms with Crippen LogP contribution in [0.2, 0.25) is 0 Å². The summed E-state index contributed by atoms with van der Waals surface area (Å²) in [5.41, 5.74) is 6.65. The van der Waals surface area contributed by atoms with Gasteiger partial charge >= 0.3 is 0 Å². The third-order valence-electron chi connectivity index (χ3n) is 2.35. The van der Waals surface area contributed by atoms with Gasteiger partial charge in [-0.05, 0) is 28.3 Å². The fourth-order valence-corrected chi connectivity index (χ4v) is 2.00. The summed E-state index contributed by atoms with van der Waals surface area (Å²) in [6, 6.07) is 2.05. The van der Waals surface area contributed by atoms with Crippen LogP contribution in [0.3, 0.4) is 0 Å². The second-order valence-electron chi connectivity index (χ2n) is 3.96. The van der Waals surface area contributed by atoms with E-state index in [1.807, 2.05) is 16.8 Å². The zero-order chi connectivity index (χ0) is 11.3. The highest BCUT2D eigenvalue weighted by atomic mass is 32.1. The molecule has 0 spiro atoms. The number of hydrogen-bond donors (Lipinski definition) is 2. The van der Waals surface area contributed by atoms with Gasteiger partial charge in [0.25, 0.3) is 0 Å². The number of amides is 1. The van der Waals surface area contributed by atoms with Crippen molar-refractivity contribution in [1.29, 1.82) is 0 Å². The van der Waals surface area contributed by atoms with E-state index in [-0.39, 0.29) is 11.9 Å². The van der Waals surface area contributed by atoms with Crippen LogP contribution in [0.15, 0.2) is 16.8 Å². The number of carbonyl (C=O) groups is 1. The second-order valence-corrected chi connectivity index (χ2v) is 4.74. The van der Waals surface area contributed by atoms with Gasteiger partial charge in [-0.3, -0.25) is 4.79 Å². The van der Waals surface area contributed by atoms with Crippen molar-refractivity contribution in [1.82, 2.24) is 5.32 Å². The summed E-state index contributed by atoms with van der Waals surface area (Å²) in [6.07, 6.45) is 0.451. The molecule has 1 rings (SSSR count). The van der Waals surface area contributed by atoms with Gasteiger partial charge in [-0.1, -0.05) is 13.8 Å². The van der Waals surface area contributed by atoms with Crippen LogP contribution in [0.4, 0.5) is 0 Å². The molecular weight excluding hydrogens is 208 g/mol. The summed E-state index contributed by atoms with van der Waals surface area (Å²) in [5, 5.41) is 6.92. The van der Waals surface area contributed by atoms with E-state index in [2.05, 4.69) is 19.2 Å². The molecule has 0 bridgehead atoms. The summed E-state index contributed by atoms with van der Waals surface area (Å²) < 4.78 is 0. The maximum atomic E-state index is 11.6. The van der Waals surface area contributed by atoms with Crippen molar-refractivity contribution in [3.8, 4) is 0 Å². The van der Waals surface area contributed by atoms with Crippen LogP contribution >= 0.6 is 11.3 Å². The van der Waals surface area contributed by atoms with E-state index in [1.54, 1.807) is 11.3 Å². The van der Waals surface area contributed by atoms with Crippen LogP contribution in [0.5, 0.6) is 0 Å². The van der Waals surface area contributed by atoms with Gasteiger partial charge in [0.05, 0.1) is 6.42 Å². The highest BCUT2D eigenvalue weighted by Crippen LogP contribution is 2.07. The first-order valence-electron chi connectivity index (χ1n) is 5.14. The van der Waals surface area contributed by atoms with Crippen LogP contribution in [0.25, 0.3) is 0 Å². The van der Waals surface area contributed by atoms with Gasteiger partial charge in [-0.25, -0.2) is 0 Å². The van der Waals surface area contributed by atoms with E-state index in [0.717, 1.165) is 5.56 Å². The van der Waals surface area contributed by atoms with E-state index >= 15 is 0 Å². The Bertz CT molecular complexity index is 296. The molecule has 1 amide bonds. The second kappa shape index (κ2) is 5.88. The van der Waals surface area contributed by atoms with Gasteiger partial charge in [0.2, 0.25) is 5.91 Å². The van der Waals surface area contributed by atoms with E-state index in [9.17, 15) is 4.79 Å². The third kappa shape index (κ3) is 4.01. The zero-order valence-electron chi connectivity index (χ0n) is 9.19. The Morgan fingerprint density at radius 1 is 1.60 bits per heavy atom. The molecular formula is C11H18N2OS. The largest absolute Gasteiger partial charge is 0.352 e. The van der Waals surface area contributed by atoms with Gasteiger partial charge in [0, 0.05) is 12.6 Å². The van der Waals surface area contributed by atoms with E-state index in [1.165, 1.54) is 0 Å². The fraction of sp³-hybridized carbons (Fsp3) is 0.545. The molecule has 3 N–H and O–H groups in total. The molecule has 0 aliphatic carbocycles. The van der Waals surface area contributed by atoms with Gasteiger partial charge in [0.1, 0.15) is 0 Å². The third-order valence-corrected chi connectivity index (χ3v) is 3.08. The standard InChI is InChI=1S/C11H18N2OS/c1-8(2)10(6-12)13-11(14)5-9-3-4-15-7-9/h3-4,7-8,10H,5-6,12H2,1-2H3,(H,13,14). The highest BCUT2D eigenvalue weighted by molar-refractivity contribution is 7.07. The van der Waals surface area contributed by atoms with E-state index in [4.69, 9.17) is 5.73 Å². The summed E-state index contributed by atoms with van der Waals surface area (Å²) >= 11 is 1.61. The van der Waals surface area contributed by atoms with Crippen molar-refractivity contribution in [3.63, 3.8) is 0 Å². The Morgan fingerprint density at radius 2 is 2.33 bits per heavy atom. The van der Waals surface area contributed by atoms with Crippen molar-refractivity contribution >= 4 is 17.2 Å². The van der Waals surface area contributed by atoms with Crippen LogP contribution in [-0.2, 0) is 11.2 Å². The first kappa shape index (κ1) is 12.2. The van der Waals surface area contributed by atoms with Crippen molar-refractivity contribution in [2.24, 2.45) is 11.7 Å². The lowest BCUT2D eigenvalue weighted by atomic mass is 10.0. The summed E-state index contributed by atoms with van der Waals surface area (Å²) in [6.45, 7) is 4.61. The Hall–Kier alpha value is -0.870. The van der Waals surface area contributed by atoms with Crippen molar-refractivity contribution in [3.05, 3.63) is 22.4 Å². The normalized spacial score (nSPS) is 12.8. The van der Waals surface area contributed by atoms with Gasteiger partial charge in [0.15, 0.2) is 0 Å². The minimum atomic E-state index is 0.0533. The molecule has 1 heterocycles. The zero-order valence-corrected chi connectivity index (χ0v) is 10.0. The smallest absolute Gasteiger partial charge is 0.224 e. The molecule has 0 saturated carbocycles. The summed E-state index contributed by atoms with van der Waals surface area (Å²) in [7, 11) is 0. The molecule has 1 aromatic heterocycles. The topological polar surface area (TPSA) is 55.1 Å². The molecule has 15 heavy (non-hydrogen) atoms. The van der Waals surface area contributed by atoms with Crippen molar-refractivity contribution < 1.29 is 4.79 Å². The average molecular weight is 226 g/mol. The van der Waals surface area contributed by atoms with Gasteiger partial charge < -0.3 is 11.1 Å². The highest BCUT2D eigenvalue weighted by Gasteiger charge is 2.14. The Labute approximate surface area is 94.7 Å². The molecule has 4 heteroatoms. The molecule has 1 aromatic rings. The molecule has 0 saturated heterocycles. The molecule has 0 aliphatic rings. The monoisotopic (exact) mass is 226 g/mol. The average Bonchev–Trinajstić information content (AvgIpc) is 2.66. The predicted octanol–water partition coefficient (Wildman–Crippen LogP) is 1.39. The van der Waals surface area contributed by atoms with Crippen LogP contribution in [-0.4, -0.2) is 18.5 Å². The lowest BCUT2D eigenvalue weighted by molar-refractivity contribution is -0.121. The van der Waals surface area contributed by atoms with Crippen LogP contribution in [0.1, 0.15) is 19.4 Å². The number of hydrogen-bond acceptors (Lipinski definition) is 3. The lowest BCUT2D eigenvalue weighted by Crippen LogP contribution is -2.44. The molecule has 0 fully saturated rings. The fourth-order valence-electron chi connectivity index (χ4n) is 1.33. The Balaban J connectivity index is 2.41. The number of nitrogens with two attached hydrogens (primary N) is 1. The molecule has 0 aromatic carbocycles. The minimum Gasteiger partial charge on any atom is -0.352 e. The Morgan fingerprint density at radius 3 is 2.80 bits per heavy atom. The number of nitrogens with one attached hydrogen (secondary N) is 1. The van der Waals surface area contributed by atoms with E-state index in [0.29, 0.717) is 18.9 Å². The molecule has 1 atom stereocenters. The first-order chi connectivity index (χ1) is 7.13. The first-order valence-corrected chi connectivity index (χ1v) is 6.08. The number of rotatable bonds is 5. The van der Waals surface area contributed by atoms with E-state index < -0.39 is 0 Å². The Kier molecular flexibility index (Phi) is 4.78. The molecule has 3 nitrogen and oxygen atoms in total. The molecule has 1 unspecified atom stereocenters. The molecule has 0 aliphatic heterocycles. The van der Waals surface area contributed by atoms with Crippen LogP contribution < -0.4 is 11.1 Å². The number of carbonyl (C=O) groups excluding carboxylic acids is 1. The predicted molar refractivity (Wildman–Crippen MR) is 63.8 cm³/mol. The quantitative estimate of drug-likeness (QED) is 0.797. The molecule has 0 radical (unpaired) electrons.